The molecule has 7 heteroatoms. The molecule has 1 aromatic rings. The maximum Gasteiger partial charge on any atom is 0.293 e. The fraction of sp³-hybridized carbons (Fsp3) is 0.562. The minimum Gasteiger partial charge on any atom is -0.379 e. The minimum atomic E-state index is -0.460. The molecule has 1 amide bonds. The van der Waals surface area contributed by atoms with Gasteiger partial charge in [0, 0.05) is 30.8 Å². The third-order valence-corrected chi connectivity index (χ3v) is 3.45. The Balaban J connectivity index is 1.91. The number of nitrogens with one attached hydrogen (secondary N) is 2. The Morgan fingerprint density at radius 3 is 2.78 bits per heavy atom. The van der Waals surface area contributed by atoms with Gasteiger partial charge in [0.05, 0.1) is 11.0 Å². The summed E-state index contributed by atoms with van der Waals surface area (Å²) < 4.78 is 5.39. The van der Waals surface area contributed by atoms with Gasteiger partial charge in [-0.05, 0) is 45.2 Å². The second-order valence-electron chi connectivity index (χ2n) is 5.94. The van der Waals surface area contributed by atoms with E-state index in [2.05, 4.69) is 10.6 Å². The summed E-state index contributed by atoms with van der Waals surface area (Å²) in [4.78, 5) is 22.8. The van der Waals surface area contributed by atoms with Crippen molar-refractivity contribution < 1.29 is 14.5 Å². The van der Waals surface area contributed by atoms with Gasteiger partial charge < -0.3 is 15.4 Å². The molecule has 0 unspecified atom stereocenters. The largest absolute Gasteiger partial charge is 0.379 e. The monoisotopic (exact) mass is 321 g/mol. The summed E-state index contributed by atoms with van der Waals surface area (Å²) in [5, 5.41) is 17.0. The number of hydrogen-bond acceptors (Lipinski definition) is 5. The quantitative estimate of drug-likeness (QED) is 0.414. The smallest absolute Gasteiger partial charge is 0.293 e. The Labute approximate surface area is 135 Å². The maximum atomic E-state index is 12.1. The summed E-state index contributed by atoms with van der Waals surface area (Å²) in [7, 11) is 0. The van der Waals surface area contributed by atoms with Crippen molar-refractivity contribution in [2.45, 2.75) is 45.3 Å². The molecule has 23 heavy (non-hydrogen) atoms. The van der Waals surface area contributed by atoms with Crippen molar-refractivity contribution in [3.05, 3.63) is 33.9 Å². The Morgan fingerprint density at radius 1 is 1.43 bits per heavy atom. The molecule has 0 radical (unpaired) electrons. The van der Waals surface area contributed by atoms with Gasteiger partial charge in [0.15, 0.2) is 0 Å². The Hall–Kier alpha value is -2.15. The number of nitro benzene ring substituents is 1. The van der Waals surface area contributed by atoms with Gasteiger partial charge in [0.1, 0.15) is 5.69 Å². The van der Waals surface area contributed by atoms with E-state index in [-0.39, 0.29) is 17.7 Å². The van der Waals surface area contributed by atoms with Crippen LogP contribution in [-0.4, -0.2) is 36.1 Å². The Kier molecular flexibility index (Phi) is 5.92. The molecule has 0 heterocycles. The van der Waals surface area contributed by atoms with E-state index in [4.69, 9.17) is 4.74 Å². The first kappa shape index (κ1) is 17.2. The normalized spacial score (nSPS) is 13.9. The van der Waals surface area contributed by atoms with Gasteiger partial charge in [-0.3, -0.25) is 14.9 Å². The van der Waals surface area contributed by atoms with Crippen LogP contribution in [0.15, 0.2) is 18.2 Å². The molecule has 1 saturated carbocycles. The fourth-order valence-corrected chi connectivity index (χ4v) is 2.09. The molecule has 126 valence electrons. The molecule has 1 fully saturated rings. The number of amides is 1. The summed E-state index contributed by atoms with van der Waals surface area (Å²) >= 11 is 0. The highest BCUT2D eigenvalue weighted by Crippen LogP contribution is 2.31. The van der Waals surface area contributed by atoms with Crippen LogP contribution in [0.4, 0.5) is 11.4 Å². The summed E-state index contributed by atoms with van der Waals surface area (Å²) in [5.74, 6) is -0.310. The van der Waals surface area contributed by atoms with E-state index in [0.717, 1.165) is 12.8 Å². The predicted molar refractivity (Wildman–Crippen MR) is 87.8 cm³/mol. The summed E-state index contributed by atoms with van der Waals surface area (Å²) in [6, 6.07) is 4.85. The molecule has 0 atom stereocenters. The van der Waals surface area contributed by atoms with E-state index < -0.39 is 4.92 Å². The number of carbonyl (C=O) groups is 1. The molecule has 2 rings (SSSR count). The maximum absolute atomic E-state index is 12.1. The SMILES string of the molecule is CC(C)OCCCNC(=O)c1ccc(NC2CC2)c([N+](=O)[O-])c1. The highest BCUT2D eigenvalue weighted by Gasteiger charge is 2.25. The van der Waals surface area contributed by atoms with Crippen molar-refractivity contribution in [2.24, 2.45) is 0 Å². The molecule has 7 nitrogen and oxygen atoms in total. The lowest BCUT2D eigenvalue weighted by Crippen LogP contribution is -2.25. The molecule has 0 spiro atoms. The highest BCUT2D eigenvalue weighted by atomic mass is 16.6. The van der Waals surface area contributed by atoms with Crippen molar-refractivity contribution in [3.8, 4) is 0 Å². The molecular formula is C16H23N3O4. The topological polar surface area (TPSA) is 93.5 Å². The van der Waals surface area contributed by atoms with Gasteiger partial charge in [-0.1, -0.05) is 0 Å². The lowest BCUT2D eigenvalue weighted by molar-refractivity contribution is -0.384. The highest BCUT2D eigenvalue weighted by molar-refractivity contribution is 5.95. The zero-order chi connectivity index (χ0) is 16.8. The molecular weight excluding hydrogens is 298 g/mol. The summed E-state index contributed by atoms with van der Waals surface area (Å²) in [6.45, 7) is 4.95. The van der Waals surface area contributed by atoms with Crippen LogP contribution in [0.3, 0.4) is 0 Å². The van der Waals surface area contributed by atoms with E-state index in [1.54, 1.807) is 12.1 Å². The van der Waals surface area contributed by atoms with E-state index >= 15 is 0 Å². The molecule has 0 saturated heterocycles. The van der Waals surface area contributed by atoms with Crippen molar-refractivity contribution >= 4 is 17.3 Å². The second-order valence-corrected chi connectivity index (χ2v) is 5.94. The first-order valence-corrected chi connectivity index (χ1v) is 7.92. The molecule has 0 aromatic heterocycles. The number of rotatable bonds is 9. The zero-order valence-corrected chi connectivity index (χ0v) is 13.5. The molecule has 1 aliphatic rings. The van der Waals surface area contributed by atoms with Crippen LogP contribution < -0.4 is 10.6 Å². The fourth-order valence-electron chi connectivity index (χ4n) is 2.09. The summed E-state index contributed by atoms with van der Waals surface area (Å²) in [5.41, 5.74) is 0.704. The van der Waals surface area contributed by atoms with Crippen molar-refractivity contribution in [1.29, 1.82) is 0 Å². The van der Waals surface area contributed by atoms with E-state index in [1.807, 2.05) is 13.8 Å². The molecule has 0 aliphatic heterocycles. The lowest BCUT2D eigenvalue weighted by atomic mass is 10.1. The van der Waals surface area contributed by atoms with Gasteiger partial charge in [0.2, 0.25) is 0 Å². The molecule has 0 bridgehead atoms. The van der Waals surface area contributed by atoms with Gasteiger partial charge in [0.25, 0.3) is 11.6 Å². The third-order valence-electron chi connectivity index (χ3n) is 3.45. The predicted octanol–water partition coefficient (Wildman–Crippen LogP) is 2.71. The first-order valence-electron chi connectivity index (χ1n) is 7.92. The zero-order valence-electron chi connectivity index (χ0n) is 13.5. The minimum absolute atomic E-state index is 0.0623. The number of nitro groups is 1. The number of nitrogens with zero attached hydrogens (tertiary/aromatic N) is 1. The number of carbonyl (C=O) groups excluding carboxylic acids is 1. The van der Waals surface area contributed by atoms with Gasteiger partial charge in [-0.15, -0.1) is 0 Å². The van der Waals surface area contributed by atoms with Gasteiger partial charge in [-0.2, -0.15) is 0 Å². The number of benzene rings is 1. The molecule has 1 aliphatic carbocycles. The lowest BCUT2D eigenvalue weighted by Gasteiger charge is -2.09. The number of ether oxygens (including phenoxy) is 1. The van der Waals surface area contributed by atoms with Gasteiger partial charge in [-0.25, -0.2) is 0 Å². The third kappa shape index (κ3) is 5.52. The van der Waals surface area contributed by atoms with Crippen LogP contribution >= 0.6 is 0 Å². The van der Waals surface area contributed by atoms with Crippen LogP contribution in [0.25, 0.3) is 0 Å². The van der Waals surface area contributed by atoms with Crippen LogP contribution in [0.5, 0.6) is 0 Å². The van der Waals surface area contributed by atoms with Gasteiger partial charge >= 0.3 is 0 Å². The average Bonchev–Trinajstić information content (AvgIpc) is 3.30. The van der Waals surface area contributed by atoms with Crippen LogP contribution in [0.2, 0.25) is 0 Å². The Bertz CT molecular complexity index is 570. The Morgan fingerprint density at radius 2 is 2.17 bits per heavy atom. The number of anilines is 1. The van der Waals surface area contributed by atoms with Crippen LogP contribution in [-0.2, 0) is 4.74 Å². The standard InChI is InChI=1S/C16H23N3O4/c1-11(2)23-9-3-8-17-16(20)12-4-7-14(18-13-5-6-13)15(10-12)19(21)22/h4,7,10-11,13,18H,3,5-6,8-9H2,1-2H3,(H,17,20). The first-order chi connectivity index (χ1) is 11.0. The van der Waals surface area contributed by atoms with E-state index in [9.17, 15) is 14.9 Å². The second kappa shape index (κ2) is 7.92. The summed E-state index contributed by atoms with van der Waals surface area (Å²) in [6.07, 6.45) is 2.92. The molecule has 2 N–H and O–H groups in total. The van der Waals surface area contributed by atoms with Crippen molar-refractivity contribution in [1.82, 2.24) is 5.32 Å². The molecule has 1 aromatic carbocycles. The van der Waals surface area contributed by atoms with Crippen molar-refractivity contribution in [2.75, 3.05) is 18.5 Å². The van der Waals surface area contributed by atoms with Crippen LogP contribution in [0.1, 0.15) is 43.5 Å². The van der Waals surface area contributed by atoms with E-state index in [0.29, 0.717) is 36.9 Å². The van der Waals surface area contributed by atoms with Crippen molar-refractivity contribution in [3.63, 3.8) is 0 Å². The van der Waals surface area contributed by atoms with Crippen LogP contribution in [0, 0.1) is 10.1 Å². The number of hydrogen-bond donors (Lipinski definition) is 2. The average molecular weight is 321 g/mol. The van der Waals surface area contributed by atoms with E-state index in [1.165, 1.54) is 6.07 Å².